The number of nitrogens with one attached hydrogen (secondary N) is 1. The summed E-state index contributed by atoms with van der Waals surface area (Å²) in [6.07, 6.45) is -4.53. The van der Waals surface area contributed by atoms with Crippen LogP contribution >= 0.6 is 0 Å². The van der Waals surface area contributed by atoms with E-state index >= 15 is 0 Å². The Labute approximate surface area is 142 Å². The summed E-state index contributed by atoms with van der Waals surface area (Å²) in [5.74, 6) is 0.186. The van der Waals surface area contributed by atoms with Crippen molar-refractivity contribution in [3.8, 4) is 5.75 Å². The van der Waals surface area contributed by atoms with Gasteiger partial charge in [0.15, 0.2) is 0 Å². The molecule has 2 aromatic rings. The lowest BCUT2D eigenvalue weighted by molar-refractivity contribution is -0.138. The quantitative estimate of drug-likeness (QED) is 0.870. The number of fused-ring (bicyclic) bond motifs is 1. The molecule has 1 amide bonds. The van der Waals surface area contributed by atoms with Gasteiger partial charge in [0.2, 0.25) is 5.91 Å². The number of rotatable bonds is 2. The summed E-state index contributed by atoms with van der Waals surface area (Å²) >= 11 is 0. The van der Waals surface area contributed by atoms with Crippen molar-refractivity contribution >= 4 is 23.0 Å². The fraction of sp³-hybridized carbons (Fsp3) is 0.222. The molecule has 7 heteroatoms. The third-order valence-corrected chi connectivity index (χ3v) is 3.91. The average Bonchev–Trinajstić information content (AvgIpc) is 2.71. The van der Waals surface area contributed by atoms with E-state index in [4.69, 9.17) is 4.74 Å². The predicted molar refractivity (Wildman–Crippen MR) is 88.6 cm³/mol. The molecule has 3 rings (SSSR count). The normalized spacial score (nSPS) is 14.3. The molecule has 0 aromatic heterocycles. The van der Waals surface area contributed by atoms with Gasteiger partial charge < -0.3 is 10.1 Å². The molecular formula is C18H15F3N2O2. The van der Waals surface area contributed by atoms with Gasteiger partial charge in [0.25, 0.3) is 0 Å². The van der Waals surface area contributed by atoms with Crippen molar-refractivity contribution < 1.29 is 22.7 Å². The molecule has 1 heterocycles. The highest BCUT2D eigenvalue weighted by molar-refractivity contribution is 6.17. The van der Waals surface area contributed by atoms with Crippen molar-refractivity contribution in [2.75, 3.05) is 12.4 Å². The number of carbonyl (C=O) groups excluding carboxylic acids is 1. The number of amides is 1. The Balaban J connectivity index is 2.12. The number of aliphatic imine (C=N–C) groups is 1. The van der Waals surface area contributed by atoms with Crippen LogP contribution in [0.3, 0.4) is 0 Å². The van der Waals surface area contributed by atoms with E-state index in [2.05, 4.69) is 10.3 Å². The van der Waals surface area contributed by atoms with E-state index in [0.29, 0.717) is 22.7 Å². The van der Waals surface area contributed by atoms with Gasteiger partial charge in [-0.25, -0.2) is 0 Å². The zero-order valence-corrected chi connectivity index (χ0v) is 13.6. The number of carbonyl (C=O) groups is 1. The maximum Gasteiger partial charge on any atom is 0.416 e. The molecule has 1 N–H and O–H groups in total. The highest BCUT2D eigenvalue weighted by Crippen LogP contribution is 2.39. The molecule has 0 spiro atoms. The molecule has 25 heavy (non-hydrogen) atoms. The van der Waals surface area contributed by atoms with Crippen LogP contribution < -0.4 is 10.1 Å². The minimum atomic E-state index is -4.49. The van der Waals surface area contributed by atoms with E-state index in [9.17, 15) is 18.0 Å². The SMILES string of the molecule is COc1cccc(C2=Nc3cc(C)c(C(F)(F)F)cc3NC(=O)C2)c1. The van der Waals surface area contributed by atoms with E-state index in [1.54, 1.807) is 24.3 Å². The third-order valence-electron chi connectivity index (χ3n) is 3.91. The summed E-state index contributed by atoms with van der Waals surface area (Å²) in [5.41, 5.74) is 0.770. The van der Waals surface area contributed by atoms with Crippen molar-refractivity contribution in [1.82, 2.24) is 0 Å². The maximum atomic E-state index is 13.1. The van der Waals surface area contributed by atoms with Crippen LogP contribution in [0.2, 0.25) is 0 Å². The fourth-order valence-electron chi connectivity index (χ4n) is 2.69. The molecule has 0 bridgehead atoms. The highest BCUT2D eigenvalue weighted by Gasteiger charge is 2.33. The van der Waals surface area contributed by atoms with Gasteiger partial charge in [-0.1, -0.05) is 12.1 Å². The zero-order chi connectivity index (χ0) is 18.2. The van der Waals surface area contributed by atoms with Gasteiger partial charge >= 0.3 is 6.18 Å². The van der Waals surface area contributed by atoms with Crippen LogP contribution in [0.4, 0.5) is 24.5 Å². The Bertz CT molecular complexity index is 873. The van der Waals surface area contributed by atoms with Crippen LogP contribution in [0.15, 0.2) is 41.4 Å². The largest absolute Gasteiger partial charge is 0.497 e. The molecule has 0 unspecified atom stereocenters. The van der Waals surface area contributed by atoms with Gasteiger partial charge in [0, 0.05) is 5.56 Å². The van der Waals surface area contributed by atoms with Gasteiger partial charge in [0.05, 0.1) is 36.2 Å². The number of methoxy groups -OCH3 is 1. The maximum absolute atomic E-state index is 13.1. The van der Waals surface area contributed by atoms with Gasteiger partial charge in [-0.2, -0.15) is 13.2 Å². The molecular weight excluding hydrogens is 333 g/mol. The van der Waals surface area contributed by atoms with Crippen molar-refractivity contribution in [3.05, 3.63) is 53.1 Å². The minimum Gasteiger partial charge on any atom is -0.497 e. The topological polar surface area (TPSA) is 50.7 Å². The van der Waals surface area contributed by atoms with Crippen molar-refractivity contribution in [1.29, 1.82) is 0 Å². The van der Waals surface area contributed by atoms with Crippen LogP contribution in [-0.4, -0.2) is 18.7 Å². The summed E-state index contributed by atoms with van der Waals surface area (Å²) in [6, 6.07) is 9.29. The number of alkyl halides is 3. The molecule has 130 valence electrons. The lowest BCUT2D eigenvalue weighted by Gasteiger charge is -2.13. The standard InChI is InChI=1S/C18H15F3N2O2/c1-10-6-15-16(8-13(10)18(19,20)21)23-17(24)9-14(22-15)11-4-3-5-12(7-11)25-2/h3-8H,9H2,1-2H3,(H,23,24). The molecule has 1 aliphatic heterocycles. The number of nitrogens with zero attached hydrogens (tertiary/aromatic N) is 1. The van der Waals surface area contributed by atoms with Gasteiger partial charge in [-0.05, 0) is 36.8 Å². The number of anilines is 1. The Hall–Kier alpha value is -2.83. The Morgan fingerprint density at radius 2 is 1.96 bits per heavy atom. The number of hydrogen-bond donors (Lipinski definition) is 1. The molecule has 0 fully saturated rings. The molecule has 0 saturated heterocycles. The van der Waals surface area contributed by atoms with Gasteiger partial charge in [0.1, 0.15) is 5.75 Å². The molecule has 0 saturated carbocycles. The third kappa shape index (κ3) is 3.50. The minimum absolute atomic E-state index is 0.0394. The first-order valence-corrected chi connectivity index (χ1v) is 7.51. The average molecular weight is 348 g/mol. The number of aryl methyl sites for hydroxylation is 1. The Morgan fingerprint density at radius 1 is 1.20 bits per heavy atom. The van der Waals surface area contributed by atoms with Crippen molar-refractivity contribution in [2.45, 2.75) is 19.5 Å². The predicted octanol–water partition coefficient (Wildman–Crippen LogP) is 4.49. The number of ether oxygens (including phenoxy) is 1. The van der Waals surface area contributed by atoms with Gasteiger partial charge in [-0.3, -0.25) is 9.79 Å². The molecule has 4 nitrogen and oxygen atoms in total. The summed E-state index contributed by atoms with van der Waals surface area (Å²) < 4.78 is 44.4. The first-order chi connectivity index (χ1) is 11.8. The van der Waals surface area contributed by atoms with E-state index in [0.717, 1.165) is 6.07 Å². The van der Waals surface area contributed by atoms with Crippen LogP contribution in [-0.2, 0) is 11.0 Å². The van der Waals surface area contributed by atoms with E-state index < -0.39 is 17.6 Å². The summed E-state index contributed by atoms with van der Waals surface area (Å²) in [4.78, 5) is 16.6. The van der Waals surface area contributed by atoms with Gasteiger partial charge in [-0.15, -0.1) is 0 Å². The summed E-state index contributed by atoms with van der Waals surface area (Å²) in [7, 11) is 1.53. The lowest BCUT2D eigenvalue weighted by Crippen LogP contribution is -2.15. The number of halogens is 3. The van der Waals surface area contributed by atoms with E-state index in [1.165, 1.54) is 20.1 Å². The molecule has 0 aliphatic carbocycles. The van der Waals surface area contributed by atoms with Crippen LogP contribution in [0.1, 0.15) is 23.1 Å². The van der Waals surface area contributed by atoms with Crippen LogP contribution in [0.5, 0.6) is 5.75 Å². The van der Waals surface area contributed by atoms with Crippen LogP contribution in [0, 0.1) is 6.92 Å². The first kappa shape index (κ1) is 17.0. The molecule has 2 aromatic carbocycles. The molecule has 0 radical (unpaired) electrons. The summed E-state index contributed by atoms with van der Waals surface area (Å²) in [6.45, 7) is 1.37. The Kier molecular flexibility index (Phi) is 4.24. The highest BCUT2D eigenvalue weighted by atomic mass is 19.4. The zero-order valence-electron chi connectivity index (χ0n) is 13.6. The second kappa shape index (κ2) is 6.23. The number of hydrogen-bond acceptors (Lipinski definition) is 3. The van der Waals surface area contributed by atoms with E-state index in [-0.39, 0.29) is 17.7 Å². The molecule has 1 aliphatic rings. The van der Waals surface area contributed by atoms with Crippen LogP contribution in [0.25, 0.3) is 0 Å². The fourth-order valence-corrected chi connectivity index (χ4v) is 2.69. The Morgan fingerprint density at radius 3 is 2.64 bits per heavy atom. The smallest absolute Gasteiger partial charge is 0.416 e. The van der Waals surface area contributed by atoms with Crippen molar-refractivity contribution in [2.24, 2.45) is 4.99 Å². The number of benzene rings is 2. The second-order valence-electron chi connectivity index (χ2n) is 5.70. The van der Waals surface area contributed by atoms with E-state index in [1.807, 2.05) is 0 Å². The molecule has 0 atom stereocenters. The van der Waals surface area contributed by atoms with Crippen molar-refractivity contribution in [3.63, 3.8) is 0 Å². The summed E-state index contributed by atoms with van der Waals surface area (Å²) in [5, 5.41) is 2.51. The first-order valence-electron chi connectivity index (χ1n) is 7.51. The monoisotopic (exact) mass is 348 g/mol. The lowest BCUT2D eigenvalue weighted by atomic mass is 10.1. The second-order valence-corrected chi connectivity index (χ2v) is 5.70.